The number of rotatable bonds is 2. The minimum Gasteiger partial charge on any atom is -0.358 e. The predicted molar refractivity (Wildman–Crippen MR) is 95.3 cm³/mol. The number of carbonyl (C=O) groups excluding carboxylic acids is 1. The van der Waals surface area contributed by atoms with Gasteiger partial charge in [0.25, 0.3) is 5.91 Å². The van der Waals surface area contributed by atoms with Crippen LogP contribution in [0.3, 0.4) is 0 Å². The fourth-order valence-corrected chi connectivity index (χ4v) is 3.42. The summed E-state index contributed by atoms with van der Waals surface area (Å²) < 4.78 is 13.4. The number of nitrogens with one attached hydrogen (secondary N) is 1. The largest absolute Gasteiger partial charge is 0.358 e. The molecule has 1 aliphatic rings. The highest BCUT2D eigenvalue weighted by atomic mass is 19.1. The van der Waals surface area contributed by atoms with E-state index in [1.165, 1.54) is 12.1 Å². The molecule has 25 heavy (non-hydrogen) atoms. The second kappa shape index (κ2) is 6.20. The van der Waals surface area contributed by atoms with Crippen LogP contribution in [0.2, 0.25) is 0 Å². The maximum Gasteiger partial charge on any atom is 0.256 e. The molecule has 3 aromatic rings. The maximum absolute atomic E-state index is 13.4. The second-order valence-corrected chi connectivity index (χ2v) is 6.28. The summed E-state index contributed by atoms with van der Waals surface area (Å²) in [5, 5.41) is 0.774. The molecule has 0 atom stereocenters. The SMILES string of the molecule is Cc1[nH]c2cc(F)ccc2c1C(=O)N1CCN(c2ccccn2)CC1. The van der Waals surface area contributed by atoms with Gasteiger partial charge in [0, 0.05) is 49.0 Å². The minimum absolute atomic E-state index is 0.00368. The van der Waals surface area contributed by atoms with Crippen LogP contribution in [-0.2, 0) is 0 Å². The monoisotopic (exact) mass is 338 g/mol. The molecule has 1 fully saturated rings. The van der Waals surface area contributed by atoms with E-state index in [1.54, 1.807) is 12.3 Å². The average Bonchev–Trinajstić information content (AvgIpc) is 2.97. The lowest BCUT2D eigenvalue weighted by molar-refractivity contribution is 0.0748. The van der Waals surface area contributed by atoms with Gasteiger partial charge in [-0.05, 0) is 37.3 Å². The Morgan fingerprint density at radius 1 is 1.16 bits per heavy atom. The molecule has 0 aliphatic carbocycles. The van der Waals surface area contributed by atoms with Gasteiger partial charge in [0.15, 0.2) is 0 Å². The van der Waals surface area contributed by atoms with Crippen LogP contribution in [-0.4, -0.2) is 47.0 Å². The molecule has 1 aromatic carbocycles. The number of nitrogens with zero attached hydrogens (tertiary/aromatic N) is 3. The summed E-state index contributed by atoms with van der Waals surface area (Å²) >= 11 is 0. The number of hydrogen-bond donors (Lipinski definition) is 1. The molecule has 4 rings (SSSR count). The first kappa shape index (κ1) is 15.6. The second-order valence-electron chi connectivity index (χ2n) is 6.28. The van der Waals surface area contributed by atoms with E-state index in [4.69, 9.17) is 0 Å². The number of piperazine rings is 1. The smallest absolute Gasteiger partial charge is 0.256 e. The molecule has 0 unspecified atom stereocenters. The van der Waals surface area contributed by atoms with Crippen molar-refractivity contribution in [2.24, 2.45) is 0 Å². The molecular formula is C19H19FN4O. The number of aromatic nitrogens is 2. The summed E-state index contributed by atoms with van der Waals surface area (Å²) in [6.07, 6.45) is 1.78. The van der Waals surface area contributed by atoms with Gasteiger partial charge in [-0.3, -0.25) is 4.79 Å². The normalized spacial score (nSPS) is 15.0. The van der Waals surface area contributed by atoms with Gasteiger partial charge in [-0.1, -0.05) is 6.07 Å². The Hall–Kier alpha value is -2.89. The van der Waals surface area contributed by atoms with E-state index in [2.05, 4.69) is 14.9 Å². The Labute approximate surface area is 145 Å². The molecular weight excluding hydrogens is 319 g/mol. The first-order valence-electron chi connectivity index (χ1n) is 8.36. The van der Waals surface area contributed by atoms with E-state index in [0.29, 0.717) is 24.2 Å². The zero-order chi connectivity index (χ0) is 17.4. The van der Waals surface area contributed by atoms with Crippen molar-refractivity contribution in [1.82, 2.24) is 14.9 Å². The predicted octanol–water partition coefficient (Wildman–Crippen LogP) is 2.97. The summed E-state index contributed by atoms with van der Waals surface area (Å²) in [6, 6.07) is 10.3. The number of pyridine rings is 1. The number of amides is 1. The first-order chi connectivity index (χ1) is 12.1. The molecule has 3 heterocycles. The van der Waals surface area contributed by atoms with E-state index < -0.39 is 0 Å². The van der Waals surface area contributed by atoms with Crippen molar-refractivity contribution in [2.45, 2.75) is 6.92 Å². The fourth-order valence-electron chi connectivity index (χ4n) is 3.42. The number of carbonyl (C=O) groups is 1. The van der Waals surface area contributed by atoms with Gasteiger partial charge >= 0.3 is 0 Å². The number of hydrogen-bond acceptors (Lipinski definition) is 3. The highest BCUT2D eigenvalue weighted by molar-refractivity contribution is 6.08. The standard InChI is InChI=1S/C19H19FN4O/c1-13-18(15-6-5-14(20)12-16(15)22-13)19(25)24-10-8-23(9-11-24)17-4-2-3-7-21-17/h2-7,12,22H,8-11H2,1H3. The number of fused-ring (bicyclic) bond motifs is 1. The molecule has 128 valence electrons. The summed E-state index contributed by atoms with van der Waals surface area (Å²) in [5.41, 5.74) is 2.08. The van der Waals surface area contributed by atoms with E-state index in [0.717, 1.165) is 30.0 Å². The highest BCUT2D eigenvalue weighted by Gasteiger charge is 2.26. The summed E-state index contributed by atoms with van der Waals surface area (Å²) in [7, 11) is 0. The van der Waals surface area contributed by atoms with E-state index in [-0.39, 0.29) is 11.7 Å². The third-order valence-corrected chi connectivity index (χ3v) is 4.70. The molecule has 0 radical (unpaired) electrons. The number of H-pyrrole nitrogens is 1. The Morgan fingerprint density at radius 2 is 1.96 bits per heavy atom. The van der Waals surface area contributed by atoms with Crippen molar-refractivity contribution in [3.05, 3.63) is 59.7 Å². The molecule has 1 aliphatic heterocycles. The maximum atomic E-state index is 13.4. The van der Waals surface area contributed by atoms with Gasteiger partial charge in [0.1, 0.15) is 11.6 Å². The van der Waals surface area contributed by atoms with Gasteiger partial charge in [-0.2, -0.15) is 0 Å². The molecule has 5 nitrogen and oxygen atoms in total. The van der Waals surface area contributed by atoms with Crippen LogP contribution in [0.5, 0.6) is 0 Å². The van der Waals surface area contributed by atoms with Crippen LogP contribution >= 0.6 is 0 Å². The van der Waals surface area contributed by atoms with Crippen molar-refractivity contribution < 1.29 is 9.18 Å². The topological polar surface area (TPSA) is 52.2 Å². The average molecular weight is 338 g/mol. The van der Waals surface area contributed by atoms with Crippen LogP contribution < -0.4 is 4.90 Å². The van der Waals surface area contributed by atoms with E-state index >= 15 is 0 Å². The summed E-state index contributed by atoms with van der Waals surface area (Å²) in [4.78, 5) is 24.5. The van der Waals surface area contributed by atoms with Crippen molar-refractivity contribution in [3.8, 4) is 0 Å². The number of halogens is 1. The van der Waals surface area contributed by atoms with Crippen LogP contribution in [0.25, 0.3) is 10.9 Å². The van der Waals surface area contributed by atoms with Crippen LogP contribution in [0, 0.1) is 12.7 Å². The molecule has 0 spiro atoms. The Balaban J connectivity index is 1.54. The van der Waals surface area contributed by atoms with Crippen LogP contribution in [0.4, 0.5) is 10.2 Å². The zero-order valence-corrected chi connectivity index (χ0v) is 14.0. The number of anilines is 1. The van der Waals surface area contributed by atoms with Gasteiger partial charge in [0.05, 0.1) is 5.56 Å². The molecule has 2 aromatic heterocycles. The molecule has 0 bridgehead atoms. The summed E-state index contributed by atoms with van der Waals surface area (Å²) in [5.74, 6) is 0.626. The van der Waals surface area contributed by atoms with Crippen LogP contribution in [0.15, 0.2) is 42.6 Å². The van der Waals surface area contributed by atoms with Gasteiger partial charge < -0.3 is 14.8 Å². The lowest BCUT2D eigenvalue weighted by atomic mass is 10.1. The minimum atomic E-state index is -0.309. The molecule has 1 amide bonds. The van der Waals surface area contributed by atoms with Crippen molar-refractivity contribution in [1.29, 1.82) is 0 Å². The van der Waals surface area contributed by atoms with Crippen molar-refractivity contribution in [3.63, 3.8) is 0 Å². The third-order valence-electron chi connectivity index (χ3n) is 4.70. The molecule has 1 N–H and O–H groups in total. The fraction of sp³-hybridized carbons (Fsp3) is 0.263. The van der Waals surface area contributed by atoms with E-state index in [1.807, 2.05) is 30.0 Å². The number of aryl methyl sites for hydroxylation is 1. The van der Waals surface area contributed by atoms with Crippen molar-refractivity contribution >= 4 is 22.6 Å². The Morgan fingerprint density at radius 3 is 2.68 bits per heavy atom. The summed E-state index contributed by atoms with van der Waals surface area (Å²) in [6.45, 7) is 4.64. The highest BCUT2D eigenvalue weighted by Crippen LogP contribution is 2.25. The Kier molecular flexibility index (Phi) is 3.87. The lowest BCUT2D eigenvalue weighted by Gasteiger charge is -2.35. The number of aromatic amines is 1. The Bertz CT molecular complexity index is 914. The molecule has 6 heteroatoms. The van der Waals surface area contributed by atoms with Crippen molar-refractivity contribution in [2.75, 3.05) is 31.1 Å². The molecule has 1 saturated heterocycles. The number of benzene rings is 1. The quantitative estimate of drug-likeness (QED) is 0.781. The zero-order valence-electron chi connectivity index (χ0n) is 14.0. The lowest BCUT2D eigenvalue weighted by Crippen LogP contribution is -2.49. The first-order valence-corrected chi connectivity index (χ1v) is 8.36. The molecule has 0 saturated carbocycles. The third kappa shape index (κ3) is 2.84. The van der Waals surface area contributed by atoms with Gasteiger partial charge in [-0.25, -0.2) is 9.37 Å². The van der Waals surface area contributed by atoms with Gasteiger partial charge in [-0.15, -0.1) is 0 Å². The van der Waals surface area contributed by atoms with Crippen LogP contribution in [0.1, 0.15) is 16.1 Å². The van der Waals surface area contributed by atoms with E-state index in [9.17, 15) is 9.18 Å². The van der Waals surface area contributed by atoms with Gasteiger partial charge in [0.2, 0.25) is 0 Å².